The van der Waals surface area contributed by atoms with Crippen molar-refractivity contribution in [3.8, 4) is 0 Å². The van der Waals surface area contributed by atoms with Gasteiger partial charge in [0.2, 0.25) is 0 Å². The Labute approximate surface area is 95.4 Å². The van der Waals surface area contributed by atoms with Crippen LogP contribution < -0.4 is 4.90 Å². The first kappa shape index (κ1) is 9.49. The maximum atomic E-state index is 5.88. The van der Waals surface area contributed by atoms with E-state index in [4.69, 9.17) is 11.6 Å². The van der Waals surface area contributed by atoms with Crippen LogP contribution in [0.25, 0.3) is 0 Å². The summed E-state index contributed by atoms with van der Waals surface area (Å²) in [4.78, 5) is 4.96. The first-order chi connectivity index (χ1) is 7.24. The second-order valence-corrected chi connectivity index (χ2v) is 5.03. The summed E-state index contributed by atoms with van der Waals surface area (Å²) in [6.45, 7) is 2.32. The summed E-state index contributed by atoms with van der Waals surface area (Å²) in [6, 6.07) is 9.71. The quantitative estimate of drug-likeness (QED) is 0.719. The van der Waals surface area contributed by atoms with E-state index in [2.05, 4.69) is 29.0 Å². The van der Waals surface area contributed by atoms with Gasteiger partial charge >= 0.3 is 0 Å². The Bertz CT molecular complexity index is 350. The summed E-state index contributed by atoms with van der Waals surface area (Å²) >= 11 is 5.88. The normalized spacial score (nSPS) is 30.1. The minimum atomic E-state index is 0.763. The maximum absolute atomic E-state index is 5.88. The highest BCUT2D eigenvalue weighted by atomic mass is 35.5. The molecule has 3 fully saturated rings. The third-order valence-electron chi connectivity index (χ3n) is 3.75. The molecule has 3 saturated heterocycles. The Morgan fingerprint density at radius 2 is 1.73 bits per heavy atom. The number of anilines is 1. The lowest BCUT2D eigenvalue weighted by Gasteiger charge is -2.55. The van der Waals surface area contributed by atoms with Gasteiger partial charge in [-0.25, -0.2) is 0 Å². The maximum Gasteiger partial charge on any atom is 0.0407 e. The molecule has 0 amide bonds. The van der Waals surface area contributed by atoms with E-state index in [0.29, 0.717) is 0 Å². The zero-order chi connectivity index (χ0) is 10.4. The van der Waals surface area contributed by atoms with Gasteiger partial charge in [0.25, 0.3) is 0 Å². The highest BCUT2D eigenvalue weighted by Crippen LogP contribution is 2.33. The Balaban J connectivity index is 1.77. The van der Waals surface area contributed by atoms with Crippen LogP contribution in [0.15, 0.2) is 24.3 Å². The molecule has 4 rings (SSSR count). The molecule has 0 aliphatic carbocycles. The summed E-state index contributed by atoms with van der Waals surface area (Å²) in [6.07, 6.45) is 1.38. The second kappa shape index (κ2) is 3.39. The fraction of sp³-hybridized carbons (Fsp3) is 0.500. The van der Waals surface area contributed by atoms with E-state index in [0.717, 1.165) is 30.2 Å². The second-order valence-electron chi connectivity index (χ2n) is 4.59. The summed E-state index contributed by atoms with van der Waals surface area (Å²) < 4.78 is 0. The molecular formula is C12H15ClN2. The van der Waals surface area contributed by atoms with Gasteiger partial charge in [0.1, 0.15) is 0 Å². The lowest BCUT2D eigenvalue weighted by molar-refractivity contribution is 0.0264. The molecule has 2 atom stereocenters. The van der Waals surface area contributed by atoms with E-state index in [-0.39, 0.29) is 0 Å². The van der Waals surface area contributed by atoms with Crippen molar-refractivity contribution in [3.63, 3.8) is 0 Å². The van der Waals surface area contributed by atoms with Crippen molar-refractivity contribution >= 4 is 17.3 Å². The number of nitrogens with zero attached hydrogens (tertiary/aromatic N) is 2. The summed E-state index contributed by atoms with van der Waals surface area (Å²) in [7, 11) is 2.23. The van der Waals surface area contributed by atoms with Crippen LogP contribution in [-0.4, -0.2) is 37.1 Å². The molecular weight excluding hydrogens is 208 g/mol. The minimum Gasteiger partial charge on any atom is -0.368 e. The average molecular weight is 223 g/mol. The van der Waals surface area contributed by atoms with Gasteiger partial charge in [0, 0.05) is 35.9 Å². The predicted octanol–water partition coefficient (Wildman–Crippen LogP) is 2.23. The monoisotopic (exact) mass is 222 g/mol. The number of likely N-dealkylation sites (N-methyl/N-ethyl adjacent to an activating group) is 1. The molecule has 2 bridgehead atoms. The van der Waals surface area contributed by atoms with Gasteiger partial charge < -0.3 is 4.90 Å². The van der Waals surface area contributed by atoms with Crippen molar-refractivity contribution in [2.24, 2.45) is 0 Å². The molecule has 15 heavy (non-hydrogen) atoms. The number of hydrogen-bond acceptors (Lipinski definition) is 2. The number of benzene rings is 1. The van der Waals surface area contributed by atoms with Crippen LogP contribution in [-0.2, 0) is 0 Å². The third-order valence-corrected chi connectivity index (χ3v) is 4.00. The van der Waals surface area contributed by atoms with Gasteiger partial charge in [0.15, 0.2) is 0 Å². The van der Waals surface area contributed by atoms with Gasteiger partial charge in [-0.15, -0.1) is 0 Å². The van der Waals surface area contributed by atoms with Crippen molar-refractivity contribution < 1.29 is 0 Å². The molecule has 80 valence electrons. The zero-order valence-corrected chi connectivity index (χ0v) is 9.61. The highest BCUT2D eigenvalue weighted by Gasteiger charge is 2.41. The smallest absolute Gasteiger partial charge is 0.0407 e. The van der Waals surface area contributed by atoms with Crippen LogP contribution in [0.4, 0.5) is 5.69 Å². The van der Waals surface area contributed by atoms with E-state index in [1.807, 2.05) is 12.1 Å². The molecule has 0 aromatic heterocycles. The summed E-state index contributed by atoms with van der Waals surface area (Å²) in [5, 5.41) is 0.818. The van der Waals surface area contributed by atoms with E-state index in [1.165, 1.54) is 12.1 Å². The van der Waals surface area contributed by atoms with Crippen LogP contribution >= 0.6 is 11.6 Å². The first-order valence-corrected chi connectivity index (χ1v) is 5.84. The van der Waals surface area contributed by atoms with Crippen molar-refractivity contribution in [3.05, 3.63) is 29.3 Å². The van der Waals surface area contributed by atoms with E-state index in [9.17, 15) is 0 Å². The number of rotatable bonds is 1. The van der Waals surface area contributed by atoms with Gasteiger partial charge in [-0.2, -0.15) is 0 Å². The average Bonchev–Trinajstić information content (AvgIpc) is 2.29. The molecule has 1 aromatic carbocycles. The Hall–Kier alpha value is -0.730. The van der Waals surface area contributed by atoms with Crippen LogP contribution in [0.1, 0.15) is 6.42 Å². The molecule has 0 saturated carbocycles. The topological polar surface area (TPSA) is 6.48 Å². The van der Waals surface area contributed by atoms with Crippen LogP contribution in [0.5, 0.6) is 0 Å². The van der Waals surface area contributed by atoms with Crippen molar-refractivity contribution in [1.82, 2.24) is 4.90 Å². The molecule has 1 aromatic rings. The van der Waals surface area contributed by atoms with E-state index < -0.39 is 0 Å². The predicted molar refractivity (Wildman–Crippen MR) is 63.6 cm³/mol. The largest absolute Gasteiger partial charge is 0.368 e. The van der Waals surface area contributed by atoms with E-state index >= 15 is 0 Å². The number of fused-ring (bicyclic) bond motifs is 2. The van der Waals surface area contributed by atoms with Crippen molar-refractivity contribution in [2.45, 2.75) is 18.5 Å². The summed E-state index contributed by atoms with van der Waals surface area (Å²) in [5.41, 5.74) is 1.31. The molecule has 3 heterocycles. The highest BCUT2D eigenvalue weighted by molar-refractivity contribution is 6.30. The van der Waals surface area contributed by atoms with E-state index in [1.54, 1.807) is 0 Å². The first-order valence-electron chi connectivity index (χ1n) is 5.46. The zero-order valence-electron chi connectivity index (χ0n) is 8.86. The number of piperidine rings is 1. The summed E-state index contributed by atoms with van der Waals surface area (Å²) in [5.74, 6) is 0. The fourth-order valence-electron chi connectivity index (χ4n) is 2.66. The lowest BCUT2D eigenvalue weighted by atomic mass is 9.88. The third kappa shape index (κ3) is 1.52. The molecule has 3 heteroatoms. The minimum absolute atomic E-state index is 0.763. The molecule has 0 spiro atoms. The molecule has 2 unspecified atom stereocenters. The SMILES string of the molecule is CN1C2CC1CN(c1ccc(Cl)cc1)C2. The Kier molecular flexibility index (Phi) is 2.15. The van der Waals surface area contributed by atoms with Crippen molar-refractivity contribution in [1.29, 1.82) is 0 Å². The van der Waals surface area contributed by atoms with Crippen LogP contribution in [0, 0.1) is 0 Å². The van der Waals surface area contributed by atoms with Crippen LogP contribution in [0.3, 0.4) is 0 Å². The molecule has 0 N–H and O–H groups in total. The molecule has 0 radical (unpaired) electrons. The Morgan fingerprint density at radius 1 is 1.13 bits per heavy atom. The molecule has 3 aliphatic rings. The molecule has 2 nitrogen and oxygen atoms in total. The number of piperazine rings is 1. The van der Waals surface area contributed by atoms with Gasteiger partial charge in [-0.1, -0.05) is 11.6 Å². The fourth-order valence-corrected chi connectivity index (χ4v) is 2.79. The number of hydrogen-bond donors (Lipinski definition) is 0. The number of halogens is 1. The molecule has 3 aliphatic heterocycles. The van der Waals surface area contributed by atoms with Crippen molar-refractivity contribution in [2.75, 3.05) is 25.0 Å². The standard InChI is InChI=1S/C12H15ClN2/c1-14-11-6-12(14)8-15(7-11)10-4-2-9(13)3-5-10/h2-5,11-12H,6-8H2,1H3. The van der Waals surface area contributed by atoms with Gasteiger partial charge in [0.05, 0.1) is 0 Å². The lowest BCUT2D eigenvalue weighted by Crippen LogP contribution is -2.67. The van der Waals surface area contributed by atoms with Gasteiger partial charge in [-0.05, 0) is 37.7 Å². The van der Waals surface area contributed by atoms with Crippen LogP contribution in [0.2, 0.25) is 5.02 Å². The van der Waals surface area contributed by atoms with Gasteiger partial charge in [-0.3, -0.25) is 4.90 Å². The Morgan fingerprint density at radius 3 is 2.27 bits per heavy atom.